The molecule has 0 aliphatic carbocycles. The van der Waals surface area contributed by atoms with E-state index in [2.05, 4.69) is 5.48 Å². The van der Waals surface area contributed by atoms with E-state index in [4.69, 9.17) is 4.84 Å². The van der Waals surface area contributed by atoms with Gasteiger partial charge in [0.2, 0.25) is 5.79 Å². The molecule has 0 radical (unpaired) electrons. The topological polar surface area (TPSA) is 61.7 Å². The van der Waals surface area contributed by atoms with Crippen molar-refractivity contribution >= 4 is 0 Å². The molecule has 1 aliphatic heterocycles. The van der Waals surface area contributed by atoms with Crippen molar-refractivity contribution < 1.29 is 15.1 Å². The molecule has 0 saturated carbocycles. The number of nitrogens with one attached hydrogen (secondary N) is 1. The second-order valence-electron chi connectivity index (χ2n) is 4.73. The van der Waals surface area contributed by atoms with Crippen molar-refractivity contribution in [2.45, 2.75) is 37.7 Å². The third-order valence-electron chi connectivity index (χ3n) is 3.01. The zero-order valence-electron chi connectivity index (χ0n) is 9.47. The maximum atomic E-state index is 10.1. The number of aliphatic hydroxyl groups is 2. The minimum absolute atomic E-state index is 0.0994. The Morgan fingerprint density at radius 2 is 2.00 bits per heavy atom. The van der Waals surface area contributed by atoms with Crippen LogP contribution in [0, 0.1) is 0 Å². The standard InChI is InChI=1S/C12H17NO3/c1-11(2,14)12(15)8-10(13-16-12)9-6-4-3-5-7-9/h3-7,10,13-15H,8H2,1-2H3/t10-,12-/m0/s1. The number of hydrogen-bond donors (Lipinski definition) is 3. The fourth-order valence-corrected chi connectivity index (χ4v) is 1.77. The highest BCUT2D eigenvalue weighted by molar-refractivity contribution is 5.20. The predicted octanol–water partition coefficient (Wildman–Crippen LogP) is 1.11. The highest BCUT2D eigenvalue weighted by Gasteiger charge is 2.50. The second-order valence-corrected chi connectivity index (χ2v) is 4.73. The zero-order valence-corrected chi connectivity index (χ0v) is 9.47. The normalized spacial score (nSPS) is 30.6. The minimum atomic E-state index is -1.55. The lowest BCUT2D eigenvalue weighted by atomic mass is 9.90. The van der Waals surface area contributed by atoms with Gasteiger partial charge in [0.25, 0.3) is 0 Å². The van der Waals surface area contributed by atoms with E-state index in [0.29, 0.717) is 6.42 Å². The van der Waals surface area contributed by atoms with Gasteiger partial charge < -0.3 is 10.2 Å². The largest absolute Gasteiger partial charge is 0.385 e. The summed E-state index contributed by atoms with van der Waals surface area (Å²) in [4.78, 5) is 5.13. The van der Waals surface area contributed by atoms with Crippen molar-refractivity contribution in [3.05, 3.63) is 35.9 Å². The fraction of sp³-hybridized carbons (Fsp3) is 0.500. The second kappa shape index (κ2) is 3.82. The number of benzene rings is 1. The molecule has 0 amide bonds. The Balaban J connectivity index is 2.15. The Bertz CT molecular complexity index is 360. The van der Waals surface area contributed by atoms with E-state index in [1.54, 1.807) is 0 Å². The molecule has 3 N–H and O–H groups in total. The number of hydroxylamine groups is 1. The summed E-state index contributed by atoms with van der Waals surface area (Å²) >= 11 is 0. The van der Waals surface area contributed by atoms with Crippen LogP contribution in [0.15, 0.2) is 30.3 Å². The molecule has 2 atom stereocenters. The highest BCUT2D eigenvalue weighted by atomic mass is 16.8. The summed E-state index contributed by atoms with van der Waals surface area (Å²) < 4.78 is 0. The van der Waals surface area contributed by atoms with Gasteiger partial charge >= 0.3 is 0 Å². The third kappa shape index (κ3) is 1.97. The van der Waals surface area contributed by atoms with Gasteiger partial charge in [-0.15, -0.1) is 0 Å². The van der Waals surface area contributed by atoms with E-state index in [9.17, 15) is 10.2 Å². The van der Waals surface area contributed by atoms with Crippen molar-refractivity contribution in [2.75, 3.05) is 0 Å². The van der Waals surface area contributed by atoms with Crippen LogP contribution in [-0.2, 0) is 4.84 Å². The van der Waals surface area contributed by atoms with Gasteiger partial charge in [0, 0.05) is 6.42 Å². The van der Waals surface area contributed by atoms with Crippen LogP contribution in [0.1, 0.15) is 31.9 Å². The fourth-order valence-electron chi connectivity index (χ4n) is 1.77. The summed E-state index contributed by atoms with van der Waals surface area (Å²) in [5, 5.41) is 20.0. The van der Waals surface area contributed by atoms with E-state index in [0.717, 1.165) is 5.56 Å². The summed E-state index contributed by atoms with van der Waals surface area (Å²) in [6, 6.07) is 9.60. The Hall–Kier alpha value is -0.940. The molecule has 0 unspecified atom stereocenters. The number of hydrogen-bond acceptors (Lipinski definition) is 4. The molecule has 1 fully saturated rings. The van der Waals surface area contributed by atoms with Crippen molar-refractivity contribution in [2.24, 2.45) is 0 Å². The Morgan fingerprint density at radius 3 is 2.50 bits per heavy atom. The van der Waals surface area contributed by atoms with Crippen LogP contribution in [0.2, 0.25) is 0 Å². The third-order valence-corrected chi connectivity index (χ3v) is 3.01. The van der Waals surface area contributed by atoms with Gasteiger partial charge in [-0.1, -0.05) is 30.3 Å². The van der Waals surface area contributed by atoms with Crippen LogP contribution >= 0.6 is 0 Å². The van der Waals surface area contributed by atoms with Crippen LogP contribution < -0.4 is 5.48 Å². The summed E-state index contributed by atoms with van der Waals surface area (Å²) in [6.45, 7) is 3.06. The monoisotopic (exact) mass is 223 g/mol. The first-order valence-electron chi connectivity index (χ1n) is 5.36. The van der Waals surface area contributed by atoms with Crippen molar-refractivity contribution in [1.29, 1.82) is 0 Å². The molecule has 1 aromatic carbocycles. The van der Waals surface area contributed by atoms with Crippen molar-refractivity contribution in [1.82, 2.24) is 5.48 Å². The van der Waals surface area contributed by atoms with Gasteiger partial charge in [-0.2, -0.15) is 5.48 Å². The van der Waals surface area contributed by atoms with E-state index < -0.39 is 11.4 Å². The molecule has 1 aromatic rings. The van der Waals surface area contributed by atoms with E-state index in [-0.39, 0.29) is 6.04 Å². The molecule has 1 aliphatic rings. The molecular weight excluding hydrogens is 206 g/mol. The van der Waals surface area contributed by atoms with Crippen LogP contribution in [0.5, 0.6) is 0 Å². The SMILES string of the molecule is CC(C)(O)[C@]1(O)C[C@@H](c2ccccc2)NO1. The molecule has 88 valence electrons. The molecule has 2 rings (SSSR count). The van der Waals surface area contributed by atoms with Crippen molar-refractivity contribution in [3.8, 4) is 0 Å². The Labute approximate surface area is 94.8 Å². The van der Waals surface area contributed by atoms with Gasteiger partial charge in [-0.05, 0) is 19.4 Å². The smallest absolute Gasteiger partial charge is 0.215 e. The molecule has 4 nitrogen and oxygen atoms in total. The average molecular weight is 223 g/mol. The lowest BCUT2D eigenvalue weighted by Crippen LogP contribution is -2.50. The van der Waals surface area contributed by atoms with Gasteiger partial charge in [-0.3, -0.25) is 4.84 Å². The summed E-state index contributed by atoms with van der Waals surface area (Å²) in [5.41, 5.74) is 2.49. The summed E-state index contributed by atoms with van der Waals surface area (Å²) in [6.07, 6.45) is 0.320. The van der Waals surface area contributed by atoms with Crippen molar-refractivity contribution in [3.63, 3.8) is 0 Å². The molecule has 4 heteroatoms. The molecule has 0 bridgehead atoms. The first kappa shape index (κ1) is 11.5. The maximum Gasteiger partial charge on any atom is 0.215 e. The molecule has 1 heterocycles. The van der Waals surface area contributed by atoms with Crippen LogP contribution in [-0.4, -0.2) is 21.6 Å². The molecular formula is C12H17NO3. The Morgan fingerprint density at radius 1 is 1.38 bits per heavy atom. The zero-order chi connectivity index (χ0) is 11.8. The van der Waals surface area contributed by atoms with Gasteiger partial charge in [0.05, 0.1) is 6.04 Å². The Kier molecular flexibility index (Phi) is 2.75. The van der Waals surface area contributed by atoms with Gasteiger partial charge in [0.15, 0.2) is 0 Å². The van der Waals surface area contributed by atoms with Crippen LogP contribution in [0.4, 0.5) is 0 Å². The summed E-state index contributed by atoms with van der Waals surface area (Å²) in [7, 11) is 0. The minimum Gasteiger partial charge on any atom is -0.385 e. The quantitative estimate of drug-likeness (QED) is 0.703. The first-order valence-corrected chi connectivity index (χ1v) is 5.36. The van der Waals surface area contributed by atoms with E-state index >= 15 is 0 Å². The highest BCUT2D eigenvalue weighted by Crippen LogP contribution is 2.37. The molecule has 16 heavy (non-hydrogen) atoms. The van der Waals surface area contributed by atoms with E-state index in [1.165, 1.54) is 13.8 Å². The van der Waals surface area contributed by atoms with E-state index in [1.807, 2.05) is 30.3 Å². The lowest BCUT2D eigenvalue weighted by Gasteiger charge is -2.32. The predicted molar refractivity (Wildman–Crippen MR) is 59.3 cm³/mol. The molecule has 1 saturated heterocycles. The van der Waals surface area contributed by atoms with Crippen LogP contribution in [0.25, 0.3) is 0 Å². The lowest BCUT2D eigenvalue weighted by molar-refractivity contribution is -0.284. The van der Waals surface area contributed by atoms with Crippen LogP contribution in [0.3, 0.4) is 0 Å². The maximum absolute atomic E-state index is 10.1. The summed E-state index contributed by atoms with van der Waals surface area (Å²) in [5.74, 6) is -1.55. The van der Waals surface area contributed by atoms with Gasteiger partial charge in [-0.25, -0.2) is 0 Å². The van der Waals surface area contributed by atoms with Gasteiger partial charge in [0.1, 0.15) is 5.60 Å². The first-order chi connectivity index (χ1) is 7.42. The average Bonchev–Trinajstić information content (AvgIpc) is 2.63. The molecule has 0 aromatic heterocycles. The molecule has 0 spiro atoms. The number of rotatable bonds is 2.